The van der Waals surface area contributed by atoms with Gasteiger partial charge in [0, 0.05) is 32.1 Å². The van der Waals surface area contributed by atoms with Crippen molar-refractivity contribution in [2.24, 2.45) is 5.92 Å². The minimum absolute atomic E-state index is 0.0895. The highest BCUT2D eigenvalue weighted by Gasteiger charge is 2.25. The molecule has 1 aromatic carbocycles. The van der Waals surface area contributed by atoms with Gasteiger partial charge in [0.05, 0.1) is 4.88 Å². The SMILES string of the molecule is CN(CCCNC(=O)C1CCN(c2ccc(-c3cccs3)nn2)CC1)Cc1ccccc1. The zero-order chi connectivity index (χ0) is 22.2. The molecule has 1 fully saturated rings. The summed E-state index contributed by atoms with van der Waals surface area (Å²) in [4.78, 5) is 18.2. The van der Waals surface area contributed by atoms with Crippen molar-refractivity contribution in [1.29, 1.82) is 0 Å². The van der Waals surface area contributed by atoms with E-state index in [0.717, 1.165) is 68.4 Å². The molecule has 0 spiro atoms. The number of rotatable bonds is 9. The van der Waals surface area contributed by atoms with E-state index < -0.39 is 0 Å². The molecule has 0 atom stereocenters. The summed E-state index contributed by atoms with van der Waals surface area (Å²) in [5.74, 6) is 1.17. The van der Waals surface area contributed by atoms with Gasteiger partial charge in [-0.3, -0.25) is 4.79 Å². The Bertz CT molecular complexity index is 954. The Morgan fingerprint density at radius 3 is 2.59 bits per heavy atom. The molecule has 0 saturated carbocycles. The van der Waals surface area contributed by atoms with Crippen LogP contribution < -0.4 is 10.2 Å². The third-order valence-electron chi connectivity index (χ3n) is 5.92. The normalized spacial score (nSPS) is 14.6. The first-order valence-electron chi connectivity index (χ1n) is 11.3. The number of piperidine rings is 1. The van der Waals surface area contributed by atoms with E-state index in [1.165, 1.54) is 5.56 Å². The predicted molar refractivity (Wildman–Crippen MR) is 131 cm³/mol. The van der Waals surface area contributed by atoms with Crippen LogP contribution in [0.4, 0.5) is 5.82 Å². The van der Waals surface area contributed by atoms with Crippen molar-refractivity contribution in [1.82, 2.24) is 20.4 Å². The van der Waals surface area contributed by atoms with Gasteiger partial charge in [-0.25, -0.2) is 0 Å². The van der Waals surface area contributed by atoms with E-state index in [9.17, 15) is 4.79 Å². The fourth-order valence-electron chi connectivity index (χ4n) is 4.10. The first-order chi connectivity index (χ1) is 15.7. The van der Waals surface area contributed by atoms with Crippen molar-refractivity contribution in [2.75, 3.05) is 38.1 Å². The first kappa shape index (κ1) is 22.4. The van der Waals surface area contributed by atoms with E-state index in [2.05, 4.69) is 62.7 Å². The maximum atomic E-state index is 12.6. The summed E-state index contributed by atoms with van der Waals surface area (Å²) in [6.45, 7) is 4.31. The molecule has 1 N–H and O–H groups in total. The highest BCUT2D eigenvalue weighted by molar-refractivity contribution is 7.13. The Labute approximate surface area is 194 Å². The maximum absolute atomic E-state index is 12.6. The molecule has 0 bridgehead atoms. The van der Waals surface area contributed by atoms with Crippen LogP contribution in [0.25, 0.3) is 10.6 Å². The van der Waals surface area contributed by atoms with Crippen molar-refractivity contribution in [3.8, 4) is 10.6 Å². The van der Waals surface area contributed by atoms with Gasteiger partial charge in [0.25, 0.3) is 0 Å². The summed E-state index contributed by atoms with van der Waals surface area (Å²) in [5.41, 5.74) is 2.23. The summed E-state index contributed by atoms with van der Waals surface area (Å²) in [5, 5.41) is 14.0. The molecule has 2 aromatic heterocycles. The van der Waals surface area contributed by atoms with Gasteiger partial charge in [0.2, 0.25) is 5.91 Å². The lowest BCUT2D eigenvalue weighted by Gasteiger charge is -2.31. The number of carbonyl (C=O) groups is 1. The Morgan fingerprint density at radius 2 is 1.91 bits per heavy atom. The number of thiophene rings is 1. The van der Waals surface area contributed by atoms with Gasteiger partial charge in [0.1, 0.15) is 5.69 Å². The molecule has 3 heterocycles. The standard InChI is InChI=1S/C25H31N5OS/c1-29(19-20-7-3-2-4-8-20)15-6-14-26-25(31)21-12-16-30(17-13-21)24-11-10-22(27-28-24)23-9-5-18-32-23/h2-5,7-11,18,21H,6,12-17,19H2,1H3,(H,26,31). The van der Waals surface area contributed by atoms with Gasteiger partial charge in [-0.15, -0.1) is 21.5 Å². The third kappa shape index (κ3) is 6.14. The van der Waals surface area contributed by atoms with Crippen molar-refractivity contribution < 1.29 is 4.79 Å². The van der Waals surface area contributed by atoms with Gasteiger partial charge < -0.3 is 15.1 Å². The number of anilines is 1. The van der Waals surface area contributed by atoms with Gasteiger partial charge in [-0.1, -0.05) is 36.4 Å². The quantitative estimate of drug-likeness (QED) is 0.499. The van der Waals surface area contributed by atoms with Crippen LogP contribution in [-0.2, 0) is 11.3 Å². The molecule has 7 heteroatoms. The largest absolute Gasteiger partial charge is 0.356 e. The second kappa shape index (κ2) is 11.2. The van der Waals surface area contributed by atoms with Crippen molar-refractivity contribution in [3.05, 3.63) is 65.5 Å². The van der Waals surface area contributed by atoms with Crippen LogP contribution in [0.5, 0.6) is 0 Å². The minimum atomic E-state index is 0.0895. The Morgan fingerprint density at radius 1 is 1.09 bits per heavy atom. The van der Waals surface area contributed by atoms with Gasteiger partial charge in [-0.2, -0.15) is 0 Å². The molecule has 6 nitrogen and oxygen atoms in total. The molecular weight excluding hydrogens is 418 g/mol. The number of benzene rings is 1. The molecule has 0 aliphatic carbocycles. The lowest BCUT2D eigenvalue weighted by molar-refractivity contribution is -0.125. The maximum Gasteiger partial charge on any atom is 0.223 e. The minimum Gasteiger partial charge on any atom is -0.356 e. The van der Waals surface area contributed by atoms with Crippen molar-refractivity contribution in [3.63, 3.8) is 0 Å². The summed E-state index contributed by atoms with van der Waals surface area (Å²) in [7, 11) is 2.13. The summed E-state index contributed by atoms with van der Waals surface area (Å²) < 4.78 is 0. The van der Waals surface area contributed by atoms with Crippen LogP contribution >= 0.6 is 11.3 Å². The molecule has 3 aromatic rings. The topological polar surface area (TPSA) is 61.4 Å². The first-order valence-corrected chi connectivity index (χ1v) is 12.2. The van der Waals surface area contributed by atoms with Crippen LogP contribution in [0.15, 0.2) is 60.0 Å². The molecule has 4 rings (SSSR count). The van der Waals surface area contributed by atoms with E-state index in [1.807, 2.05) is 29.6 Å². The number of carbonyl (C=O) groups excluding carboxylic acids is 1. The van der Waals surface area contributed by atoms with Gasteiger partial charge in [-0.05, 0) is 62.0 Å². The zero-order valence-electron chi connectivity index (χ0n) is 18.6. The average Bonchev–Trinajstić information content (AvgIpc) is 3.38. The molecule has 0 radical (unpaired) electrons. The van der Waals surface area contributed by atoms with E-state index >= 15 is 0 Å². The lowest BCUT2D eigenvalue weighted by atomic mass is 9.96. The molecule has 1 amide bonds. The van der Waals surface area contributed by atoms with Crippen LogP contribution in [0, 0.1) is 5.92 Å². The molecule has 1 aliphatic heterocycles. The van der Waals surface area contributed by atoms with Crippen LogP contribution in [0.2, 0.25) is 0 Å². The molecule has 0 unspecified atom stereocenters. The smallest absolute Gasteiger partial charge is 0.223 e. The fraction of sp³-hybridized carbons (Fsp3) is 0.400. The highest BCUT2D eigenvalue weighted by atomic mass is 32.1. The third-order valence-corrected chi connectivity index (χ3v) is 6.82. The van der Waals surface area contributed by atoms with E-state index in [0.29, 0.717) is 0 Å². The van der Waals surface area contributed by atoms with E-state index in [1.54, 1.807) is 11.3 Å². The second-order valence-electron chi connectivity index (χ2n) is 8.38. The van der Waals surface area contributed by atoms with Crippen LogP contribution in [0.3, 0.4) is 0 Å². The zero-order valence-corrected chi connectivity index (χ0v) is 19.4. The van der Waals surface area contributed by atoms with Crippen LogP contribution in [-0.4, -0.2) is 54.2 Å². The molecule has 1 aliphatic rings. The number of amides is 1. The van der Waals surface area contributed by atoms with Gasteiger partial charge >= 0.3 is 0 Å². The Balaban J connectivity index is 1.15. The Hall–Kier alpha value is -2.77. The van der Waals surface area contributed by atoms with Gasteiger partial charge in [0.15, 0.2) is 5.82 Å². The molecule has 1 saturated heterocycles. The average molecular weight is 450 g/mol. The molecule has 32 heavy (non-hydrogen) atoms. The highest BCUT2D eigenvalue weighted by Crippen LogP contribution is 2.25. The summed E-state index contributed by atoms with van der Waals surface area (Å²) in [6.07, 6.45) is 2.67. The fourth-order valence-corrected chi connectivity index (χ4v) is 4.79. The monoisotopic (exact) mass is 449 g/mol. The molecule has 168 valence electrons. The number of hydrogen-bond acceptors (Lipinski definition) is 6. The van der Waals surface area contributed by atoms with E-state index in [-0.39, 0.29) is 11.8 Å². The molecular formula is C25H31N5OS. The number of aromatic nitrogens is 2. The van der Waals surface area contributed by atoms with Crippen molar-refractivity contribution >= 4 is 23.1 Å². The lowest BCUT2D eigenvalue weighted by Crippen LogP contribution is -2.41. The number of nitrogens with one attached hydrogen (secondary N) is 1. The number of nitrogens with zero attached hydrogens (tertiary/aromatic N) is 4. The Kier molecular flexibility index (Phi) is 7.85. The predicted octanol–water partition coefficient (Wildman–Crippen LogP) is 4.06. The van der Waals surface area contributed by atoms with Crippen molar-refractivity contribution in [2.45, 2.75) is 25.8 Å². The van der Waals surface area contributed by atoms with Crippen LogP contribution in [0.1, 0.15) is 24.8 Å². The summed E-state index contributed by atoms with van der Waals surface area (Å²) in [6, 6.07) is 18.6. The van der Waals surface area contributed by atoms with E-state index in [4.69, 9.17) is 0 Å². The second-order valence-corrected chi connectivity index (χ2v) is 9.33. The number of hydrogen-bond donors (Lipinski definition) is 1. The summed E-state index contributed by atoms with van der Waals surface area (Å²) >= 11 is 1.67.